The topological polar surface area (TPSA) is 0 Å². The van der Waals surface area contributed by atoms with Crippen LogP contribution in [0.4, 0.5) is 0 Å². The molecule has 0 nitrogen and oxygen atoms in total. The van der Waals surface area contributed by atoms with Gasteiger partial charge in [-0.2, -0.15) is 24.6 Å². The third kappa shape index (κ3) is 9.51. The molecule has 0 aromatic heterocycles. The van der Waals surface area contributed by atoms with E-state index < -0.39 is 0 Å². The van der Waals surface area contributed by atoms with Crippen molar-refractivity contribution in [2.24, 2.45) is 0 Å². The predicted molar refractivity (Wildman–Crippen MR) is 142 cm³/mol. The molecule has 0 fully saturated rings. The Bertz CT molecular complexity index is 1260. The fourth-order valence-corrected chi connectivity index (χ4v) is 3.45. The zero-order chi connectivity index (χ0) is 22.7. The standard InChI is InChI=1S/C14H9.C12H9.C7H7.3Li/c1-2-6-12-10-14-8-4-3-7-13(14)9-11(12)5-1;1-3-7-11(8-4-1)12-9-5-2-6-10-12;1-7-5-3-2-4-6-7;;;/h1-9H;1-9H;2-6H,1H2;;;/q3*-1;3*+1. The molecule has 0 saturated heterocycles. The van der Waals surface area contributed by atoms with Crippen LogP contribution in [0.1, 0.15) is 5.56 Å². The summed E-state index contributed by atoms with van der Waals surface area (Å²) in [5.74, 6) is 0. The van der Waals surface area contributed by atoms with Crippen LogP contribution in [0.3, 0.4) is 0 Å². The molecule has 0 atom stereocenters. The third-order valence-electron chi connectivity index (χ3n) is 5.14. The molecule has 0 N–H and O–H groups in total. The number of fused-ring (bicyclic) bond motifs is 2. The molecule has 6 aromatic rings. The molecule has 0 heterocycles. The fraction of sp³-hybridized carbons (Fsp3) is 0. The van der Waals surface area contributed by atoms with Gasteiger partial charge in [-0.25, -0.2) is 0 Å². The Labute approximate surface area is 251 Å². The summed E-state index contributed by atoms with van der Waals surface area (Å²) in [5, 5.41) is 4.88. The van der Waals surface area contributed by atoms with Crippen LogP contribution >= 0.6 is 0 Å². The Morgan fingerprint density at radius 1 is 0.472 bits per heavy atom. The van der Waals surface area contributed by atoms with Crippen molar-refractivity contribution in [2.75, 3.05) is 0 Å². The molecule has 0 aliphatic carbocycles. The van der Waals surface area contributed by atoms with Crippen molar-refractivity contribution < 1.29 is 56.6 Å². The van der Waals surface area contributed by atoms with Crippen molar-refractivity contribution in [2.45, 2.75) is 0 Å². The van der Waals surface area contributed by atoms with Gasteiger partial charge in [0.15, 0.2) is 0 Å². The Morgan fingerprint density at radius 2 is 0.944 bits per heavy atom. The second kappa shape index (κ2) is 17.0. The van der Waals surface area contributed by atoms with Gasteiger partial charge in [0.2, 0.25) is 0 Å². The van der Waals surface area contributed by atoms with Crippen molar-refractivity contribution in [3.8, 4) is 11.1 Å². The van der Waals surface area contributed by atoms with Gasteiger partial charge in [-0.1, -0.05) is 89.1 Å². The van der Waals surface area contributed by atoms with Crippen LogP contribution < -0.4 is 56.6 Å². The predicted octanol–water partition coefficient (Wildman–Crippen LogP) is -0.172. The monoisotopic (exact) mass is 442 g/mol. The Kier molecular flexibility index (Phi) is 14.9. The summed E-state index contributed by atoms with van der Waals surface area (Å²) < 4.78 is 0. The maximum absolute atomic E-state index is 3.72. The normalized spacial score (nSPS) is 9.11. The van der Waals surface area contributed by atoms with Crippen molar-refractivity contribution in [3.05, 3.63) is 164 Å². The van der Waals surface area contributed by atoms with E-state index in [1.807, 2.05) is 78.9 Å². The molecular formula is C33H25Li3. The van der Waals surface area contributed by atoms with Crippen molar-refractivity contribution in [1.82, 2.24) is 0 Å². The largest absolute Gasteiger partial charge is 1.00 e. The third-order valence-corrected chi connectivity index (χ3v) is 5.14. The smallest absolute Gasteiger partial charge is 0.199 e. The summed E-state index contributed by atoms with van der Waals surface area (Å²) in [6, 6.07) is 53.6. The summed E-state index contributed by atoms with van der Waals surface area (Å²) in [7, 11) is 0. The van der Waals surface area contributed by atoms with E-state index in [1.165, 1.54) is 27.1 Å². The van der Waals surface area contributed by atoms with Crippen LogP contribution in [0.2, 0.25) is 0 Å². The first-order chi connectivity index (χ1) is 16.3. The molecular weight excluding hydrogens is 417 g/mol. The molecule has 0 bridgehead atoms. The first-order valence-corrected chi connectivity index (χ1v) is 11.0. The summed E-state index contributed by atoms with van der Waals surface area (Å²) in [5.41, 5.74) is 3.44. The number of rotatable bonds is 1. The van der Waals surface area contributed by atoms with Crippen LogP contribution in [-0.4, -0.2) is 0 Å². The van der Waals surface area contributed by atoms with Crippen LogP contribution in [-0.2, 0) is 0 Å². The maximum Gasteiger partial charge on any atom is 1.00 e. The minimum Gasteiger partial charge on any atom is -0.199 e. The van der Waals surface area contributed by atoms with E-state index in [9.17, 15) is 0 Å². The summed E-state index contributed by atoms with van der Waals surface area (Å²) in [4.78, 5) is 0. The molecule has 0 spiro atoms. The van der Waals surface area contributed by atoms with E-state index in [-0.39, 0.29) is 56.6 Å². The Balaban J connectivity index is 0.000000272. The van der Waals surface area contributed by atoms with Gasteiger partial charge >= 0.3 is 56.6 Å². The van der Waals surface area contributed by atoms with E-state index in [1.54, 1.807) is 0 Å². The van der Waals surface area contributed by atoms with Crippen LogP contribution in [0.15, 0.2) is 140 Å². The van der Waals surface area contributed by atoms with Gasteiger partial charge in [-0.15, -0.1) is 83.1 Å². The van der Waals surface area contributed by atoms with Crippen molar-refractivity contribution >= 4 is 21.5 Å². The molecule has 0 saturated carbocycles. The van der Waals surface area contributed by atoms with Gasteiger partial charge < -0.3 is 0 Å². The zero-order valence-electron chi connectivity index (χ0n) is 21.5. The summed E-state index contributed by atoms with van der Waals surface area (Å²) in [6.45, 7) is 3.72. The molecule has 160 valence electrons. The van der Waals surface area contributed by atoms with Gasteiger partial charge in [-0.3, -0.25) is 0 Å². The minimum atomic E-state index is 0. The van der Waals surface area contributed by atoms with Crippen LogP contribution in [0, 0.1) is 19.1 Å². The second-order valence-electron chi connectivity index (χ2n) is 7.57. The maximum atomic E-state index is 3.72. The molecule has 3 heteroatoms. The molecule has 6 rings (SSSR count). The number of hydrogen-bond acceptors (Lipinski definition) is 0. The summed E-state index contributed by atoms with van der Waals surface area (Å²) >= 11 is 0. The van der Waals surface area contributed by atoms with Crippen molar-refractivity contribution in [1.29, 1.82) is 0 Å². The first-order valence-electron chi connectivity index (χ1n) is 11.0. The quantitative estimate of drug-likeness (QED) is 0.189. The van der Waals surface area contributed by atoms with Crippen molar-refractivity contribution in [3.63, 3.8) is 0 Å². The zero-order valence-corrected chi connectivity index (χ0v) is 21.5. The Hall–Kier alpha value is -2.50. The number of benzene rings is 6. The minimum absolute atomic E-state index is 0. The SMILES string of the molecule is [CH2-]c1ccccc1.[Li+].[Li+].[Li+].[c-]1c2ccccc2cc2ccccc12.[c-]1ccccc1-c1ccccc1. The summed E-state index contributed by atoms with van der Waals surface area (Å²) in [6.07, 6.45) is 0. The van der Waals surface area contributed by atoms with Gasteiger partial charge in [0.25, 0.3) is 0 Å². The average Bonchev–Trinajstić information content (AvgIpc) is 2.90. The van der Waals surface area contributed by atoms with E-state index in [0.717, 1.165) is 11.1 Å². The number of hydrogen-bond donors (Lipinski definition) is 0. The second-order valence-corrected chi connectivity index (χ2v) is 7.57. The van der Waals surface area contributed by atoms with Gasteiger partial charge in [-0.05, 0) is 0 Å². The molecule has 0 amide bonds. The molecule has 0 aliphatic heterocycles. The average molecular weight is 442 g/mol. The Morgan fingerprint density at radius 3 is 1.42 bits per heavy atom. The van der Waals surface area contributed by atoms with E-state index in [4.69, 9.17) is 0 Å². The van der Waals surface area contributed by atoms with E-state index in [0.29, 0.717) is 0 Å². The van der Waals surface area contributed by atoms with E-state index >= 15 is 0 Å². The van der Waals surface area contributed by atoms with Gasteiger partial charge in [0.1, 0.15) is 0 Å². The van der Waals surface area contributed by atoms with E-state index in [2.05, 4.69) is 79.7 Å². The molecule has 0 unspecified atom stereocenters. The molecule has 36 heavy (non-hydrogen) atoms. The molecule has 0 radical (unpaired) electrons. The van der Waals surface area contributed by atoms with Gasteiger partial charge in [0, 0.05) is 0 Å². The molecule has 6 aromatic carbocycles. The molecule has 0 aliphatic rings. The van der Waals surface area contributed by atoms with Gasteiger partial charge in [0.05, 0.1) is 0 Å². The fourth-order valence-electron chi connectivity index (χ4n) is 3.45. The first kappa shape index (κ1) is 31.5. The van der Waals surface area contributed by atoms with Crippen LogP contribution in [0.5, 0.6) is 0 Å². The van der Waals surface area contributed by atoms with Crippen LogP contribution in [0.25, 0.3) is 32.7 Å².